The van der Waals surface area contributed by atoms with Gasteiger partial charge in [-0.15, -0.1) is 11.8 Å². The van der Waals surface area contributed by atoms with E-state index < -0.39 is 5.91 Å². The third-order valence-corrected chi connectivity index (χ3v) is 4.82. The molecule has 2 rings (SSSR count). The highest BCUT2D eigenvalue weighted by Gasteiger charge is 2.18. The molecule has 4 nitrogen and oxygen atoms in total. The van der Waals surface area contributed by atoms with Crippen molar-refractivity contribution in [1.82, 2.24) is 0 Å². The van der Waals surface area contributed by atoms with Crippen LogP contribution in [0.5, 0.6) is 0 Å². The number of rotatable bonds is 6. The molecule has 0 spiro atoms. The fourth-order valence-electron chi connectivity index (χ4n) is 1.94. The molecule has 2 aromatic rings. The standard InChI is InChI=1S/C17H17ClN2O2S/c1-2-15(23-14-9-5-12(18)6-10-14)17(22)20-13-7-3-11(4-8-13)16(19)21/h3-10,15H,2H2,1H3,(H2,19,21)(H,20,22)/t15-/m1/s1. The van der Waals surface area contributed by atoms with E-state index in [-0.39, 0.29) is 11.2 Å². The van der Waals surface area contributed by atoms with E-state index in [9.17, 15) is 9.59 Å². The highest BCUT2D eigenvalue weighted by Crippen LogP contribution is 2.27. The Hall–Kier alpha value is -1.98. The molecule has 0 saturated heterocycles. The van der Waals surface area contributed by atoms with Crippen molar-refractivity contribution >= 4 is 40.9 Å². The number of hydrogen-bond acceptors (Lipinski definition) is 3. The molecule has 0 heterocycles. The van der Waals surface area contributed by atoms with Crippen molar-refractivity contribution in [1.29, 1.82) is 0 Å². The molecule has 0 radical (unpaired) electrons. The molecular formula is C17H17ClN2O2S. The van der Waals surface area contributed by atoms with Crippen LogP contribution >= 0.6 is 23.4 Å². The van der Waals surface area contributed by atoms with Crippen LogP contribution in [0.15, 0.2) is 53.4 Å². The van der Waals surface area contributed by atoms with Gasteiger partial charge in [0.25, 0.3) is 0 Å². The zero-order valence-electron chi connectivity index (χ0n) is 12.6. The van der Waals surface area contributed by atoms with Gasteiger partial charge in [0, 0.05) is 21.2 Å². The van der Waals surface area contributed by atoms with Crippen LogP contribution in [-0.4, -0.2) is 17.1 Å². The summed E-state index contributed by atoms with van der Waals surface area (Å²) >= 11 is 7.35. The molecule has 0 aromatic heterocycles. The zero-order valence-corrected chi connectivity index (χ0v) is 14.2. The predicted molar refractivity (Wildman–Crippen MR) is 95.0 cm³/mol. The summed E-state index contributed by atoms with van der Waals surface area (Å²) in [6.07, 6.45) is 0.693. The first-order chi connectivity index (χ1) is 11.0. The summed E-state index contributed by atoms with van der Waals surface area (Å²) in [6.45, 7) is 1.96. The number of nitrogens with two attached hydrogens (primary N) is 1. The van der Waals surface area contributed by atoms with Gasteiger partial charge in [-0.25, -0.2) is 0 Å². The summed E-state index contributed by atoms with van der Waals surface area (Å²) < 4.78 is 0. The second-order valence-electron chi connectivity index (χ2n) is 4.90. The quantitative estimate of drug-likeness (QED) is 0.776. The Balaban J connectivity index is 2.01. The lowest BCUT2D eigenvalue weighted by Crippen LogP contribution is -2.24. The van der Waals surface area contributed by atoms with E-state index in [2.05, 4.69) is 5.32 Å². The van der Waals surface area contributed by atoms with E-state index in [4.69, 9.17) is 17.3 Å². The lowest BCUT2D eigenvalue weighted by molar-refractivity contribution is -0.115. The highest BCUT2D eigenvalue weighted by molar-refractivity contribution is 8.00. The second kappa shape index (κ2) is 8.04. The minimum Gasteiger partial charge on any atom is -0.366 e. The van der Waals surface area contributed by atoms with Gasteiger partial charge in [-0.05, 0) is 55.0 Å². The lowest BCUT2D eigenvalue weighted by Gasteiger charge is -2.15. The molecule has 23 heavy (non-hydrogen) atoms. The van der Waals surface area contributed by atoms with Crippen molar-refractivity contribution in [2.75, 3.05) is 5.32 Å². The number of anilines is 1. The molecule has 0 saturated carbocycles. The number of primary amides is 1. The molecule has 0 bridgehead atoms. The smallest absolute Gasteiger partial charge is 0.248 e. The van der Waals surface area contributed by atoms with E-state index in [0.717, 1.165) is 4.90 Å². The van der Waals surface area contributed by atoms with Crippen molar-refractivity contribution in [3.05, 3.63) is 59.1 Å². The Labute approximate surface area is 144 Å². The SMILES string of the molecule is CC[C@@H](Sc1ccc(Cl)cc1)C(=O)Nc1ccc(C(N)=O)cc1. The molecule has 0 aliphatic carbocycles. The van der Waals surface area contributed by atoms with Crippen LogP contribution < -0.4 is 11.1 Å². The van der Waals surface area contributed by atoms with E-state index in [1.807, 2.05) is 19.1 Å². The van der Waals surface area contributed by atoms with Crippen LogP contribution in [-0.2, 0) is 4.79 Å². The summed E-state index contributed by atoms with van der Waals surface area (Å²) in [5.74, 6) is -0.577. The van der Waals surface area contributed by atoms with Gasteiger partial charge in [0.15, 0.2) is 0 Å². The van der Waals surface area contributed by atoms with Gasteiger partial charge in [0.1, 0.15) is 0 Å². The van der Waals surface area contributed by atoms with E-state index in [1.54, 1.807) is 36.4 Å². The summed E-state index contributed by atoms with van der Waals surface area (Å²) in [6, 6.07) is 13.9. The van der Waals surface area contributed by atoms with Gasteiger partial charge in [-0.3, -0.25) is 9.59 Å². The molecule has 3 N–H and O–H groups in total. The topological polar surface area (TPSA) is 72.2 Å². The first-order valence-electron chi connectivity index (χ1n) is 7.12. The average molecular weight is 349 g/mol. The van der Waals surface area contributed by atoms with Crippen molar-refractivity contribution < 1.29 is 9.59 Å². The largest absolute Gasteiger partial charge is 0.366 e. The number of nitrogens with one attached hydrogen (secondary N) is 1. The van der Waals surface area contributed by atoms with Gasteiger partial charge < -0.3 is 11.1 Å². The number of halogens is 1. The first kappa shape index (κ1) is 17.4. The average Bonchev–Trinajstić information content (AvgIpc) is 2.54. The van der Waals surface area contributed by atoms with Gasteiger partial charge in [-0.2, -0.15) is 0 Å². The molecule has 0 aliphatic heterocycles. The number of carbonyl (C=O) groups is 2. The second-order valence-corrected chi connectivity index (χ2v) is 6.61. The van der Waals surface area contributed by atoms with Crippen LogP contribution in [0.4, 0.5) is 5.69 Å². The maximum absolute atomic E-state index is 12.4. The van der Waals surface area contributed by atoms with Crippen LogP contribution in [0, 0.1) is 0 Å². The van der Waals surface area contributed by atoms with Crippen molar-refractivity contribution in [3.63, 3.8) is 0 Å². The first-order valence-corrected chi connectivity index (χ1v) is 8.38. The summed E-state index contributed by atoms with van der Waals surface area (Å²) in [7, 11) is 0. The van der Waals surface area contributed by atoms with E-state index in [0.29, 0.717) is 22.7 Å². The van der Waals surface area contributed by atoms with Crippen molar-refractivity contribution in [2.24, 2.45) is 5.73 Å². The van der Waals surface area contributed by atoms with E-state index in [1.165, 1.54) is 11.8 Å². The maximum Gasteiger partial charge on any atom is 0.248 e. The molecule has 6 heteroatoms. The van der Waals surface area contributed by atoms with Crippen molar-refractivity contribution in [2.45, 2.75) is 23.5 Å². The molecule has 0 unspecified atom stereocenters. The summed E-state index contributed by atoms with van der Waals surface area (Å²) in [5, 5.41) is 3.30. The fourth-order valence-corrected chi connectivity index (χ4v) is 3.02. The fraction of sp³-hybridized carbons (Fsp3) is 0.176. The number of hydrogen-bond donors (Lipinski definition) is 2. The molecular weight excluding hydrogens is 332 g/mol. The molecule has 1 atom stereocenters. The normalized spacial score (nSPS) is 11.7. The Morgan fingerprint density at radius 1 is 1.13 bits per heavy atom. The highest BCUT2D eigenvalue weighted by atomic mass is 35.5. The van der Waals surface area contributed by atoms with Crippen LogP contribution in [0.2, 0.25) is 5.02 Å². The molecule has 2 amide bonds. The Kier molecular flexibility index (Phi) is 6.07. The van der Waals surface area contributed by atoms with Crippen LogP contribution in [0.1, 0.15) is 23.7 Å². The van der Waals surface area contributed by atoms with Gasteiger partial charge in [0.2, 0.25) is 11.8 Å². The number of amides is 2. The molecule has 0 fully saturated rings. The Morgan fingerprint density at radius 3 is 2.26 bits per heavy atom. The predicted octanol–water partition coefficient (Wildman–Crippen LogP) is 3.95. The van der Waals surface area contributed by atoms with Gasteiger partial charge in [0.05, 0.1) is 5.25 Å². The third kappa shape index (κ3) is 5.01. The zero-order chi connectivity index (χ0) is 16.8. The van der Waals surface area contributed by atoms with Gasteiger partial charge in [-0.1, -0.05) is 18.5 Å². The molecule has 2 aromatic carbocycles. The number of benzene rings is 2. The van der Waals surface area contributed by atoms with Crippen LogP contribution in [0.25, 0.3) is 0 Å². The van der Waals surface area contributed by atoms with Gasteiger partial charge >= 0.3 is 0 Å². The van der Waals surface area contributed by atoms with E-state index >= 15 is 0 Å². The number of carbonyl (C=O) groups excluding carboxylic acids is 2. The lowest BCUT2D eigenvalue weighted by atomic mass is 10.2. The number of thioether (sulfide) groups is 1. The Morgan fingerprint density at radius 2 is 1.74 bits per heavy atom. The molecule has 120 valence electrons. The summed E-state index contributed by atoms with van der Waals surface area (Å²) in [5.41, 5.74) is 6.23. The third-order valence-electron chi connectivity index (χ3n) is 3.19. The minimum atomic E-state index is -0.493. The Bertz CT molecular complexity index is 687. The monoisotopic (exact) mass is 348 g/mol. The maximum atomic E-state index is 12.4. The van der Waals surface area contributed by atoms with Crippen LogP contribution in [0.3, 0.4) is 0 Å². The molecule has 0 aliphatic rings. The van der Waals surface area contributed by atoms with Crippen molar-refractivity contribution in [3.8, 4) is 0 Å². The summed E-state index contributed by atoms with van der Waals surface area (Å²) in [4.78, 5) is 24.4. The minimum absolute atomic E-state index is 0.0840.